The molecular weight excluding hydrogens is 356 g/mol. The van der Waals surface area contributed by atoms with Crippen molar-refractivity contribution in [2.75, 3.05) is 6.61 Å². The lowest BCUT2D eigenvalue weighted by atomic mass is 10.0. The number of ketones is 1. The van der Waals surface area contributed by atoms with Crippen molar-refractivity contribution >= 4 is 11.8 Å². The molecular formula is C23H38O5. The lowest BCUT2D eigenvalue weighted by Gasteiger charge is -2.03. The van der Waals surface area contributed by atoms with Crippen molar-refractivity contribution in [2.24, 2.45) is 0 Å². The SMILES string of the molecule is CCCCCCCCC/C=C/CCCCCCC(=O)C1=C(O)[C@@H](CO)OC1=O. The first-order valence-electron chi connectivity index (χ1n) is 11.0. The highest BCUT2D eigenvalue weighted by Crippen LogP contribution is 2.23. The number of aliphatic hydroxyl groups is 2. The molecule has 1 heterocycles. The number of Topliss-reactive ketones (excluding diaryl/α,β-unsaturated/α-hetero) is 1. The molecule has 1 aliphatic rings. The molecule has 28 heavy (non-hydrogen) atoms. The first kappa shape index (κ1) is 24.4. The Labute approximate surface area is 169 Å². The van der Waals surface area contributed by atoms with Gasteiger partial charge in [-0.1, -0.05) is 70.4 Å². The molecule has 0 fully saturated rings. The summed E-state index contributed by atoms with van der Waals surface area (Å²) >= 11 is 0. The van der Waals surface area contributed by atoms with Crippen molar-refractivity contribution in [1.82, 2.24) is 0 Å². The molecule has 0 aliphatic carbocycles. The highest BCUT2D eigenvalue weighted by Gasteiger charge is 2.37. The van der Waals surface area contributed by atoms with Gasteiger partial charge in [-0.25, -0.2) is 4.79 Å². The standard InChI is InChI=1S/C23H38O5/c1-2-3-4-5-6-7-8-9-10-11-12-13-14-15-16-17-19(25)21-22(26)20(18-24)28-23(21)27/h10-11,20,24,26H,2-9,12-18H2,1H3/b11-10+/t20-/m1/s1. The normalized spacial score (nSPS) is 16.9. The predicted molar refractivity (Wildman–Crippen MR) is 111 cm³/mol. The van der Waals surface area contributed by atoms with Gasteiger partial charge < -0.3 is 14.9 Å². The number of hydrogen-bond donors (Lipinski definition) is 2. The third-order valence-electron chi connectivity index (χ3n) is 5.12. The van der Waals surface area contributed by atoms with Gasteiger partial charge in [0.25, 0.3) is 0 Å². The Morgan fingerprint density at radius 2 is 1.46 bits per heavy atom. The second-order valence-corrected chi connectivity index (χ2v) is 7.59. The number of hydrogen-bond acceptors (Lipinski definition) is 5. The lowest BCUT2D eigenvalue weighted by molar-refractivity contribution is -0.142. The van der Waals surface area contributed by atoms with Crippen LogP contribution in [0.15, 0.2) is 23.5 Å². The van der Waals surface area contributed by atoms with E-state index in [1.54, 1.807) is 0 Å². The molecule has 1 rings (SSSR count). The molecule has 0 unspecified atom stereocenters. The van der Waals surface area contributed by atoms with Crippen LogP contribution in [0, 0.1) is 0 Å². The summed E-state index contributed by atoms with van der Waals surface area (Å²) in [7, 11) is 0. The van der Waals surface area contributed by atoms with E-state index in [0.717, 1.165) is 25.7 Å². The van der Waals surface area contributed by atoms with Crippen molar-refractivity contribution in [1.29, 1.82) is 0 Å². The van der Waals surface area contributed by atoms with Gasteiger partial charge in [0.05, 0.1) is 6.61 Å². The third kappa shape index (κ3) is 9.54. The van der Waals surface area contributed by atoms with E-state index in [9.17, 15) is 14.7 Å². The summed E-state index contributed by atoms with van der Waals surface area (Å²) in [4.78, 5) is 23.6. The minimum Gasteiger partial charge on any atom is -0.507 e. The van der Waals surface area contributed by atoms with Crippen LogP contribution < -0.4 is 0 Å². The molecule has 1 aliphatic heterocycles. The number of esters is 1. The van der Waals surface area contributed by atoms with Gasteiger partial charge in [-0.15, -0.1) is 0 Å². The Hall–Kier alpha value is -1.62. The fourth-order valence-corrected chi connectivity index (χ4v) is 3.37. The summed E-state index contributed by atoms with van der Waals surface area (Å²) in [6, 6.07) is 0. The zero-order chi connectivity index (χ0) is 20.6. The van der Waals surface area contributed by atoms with Crippen LogP contribution in [0.2, 0.25) is 0 Å². The molecule has 5 nitrogen and oxygen atoms in total. The summed E-state index contributed by atoms with van der Waals surface area (Å²) in [6.07, 6.45) is 19.1. The Kier molecular flexibility index (Phi) is 13.4. The summed E-state index contributed by atoms with van der Waals surface area (Å²) in [6.45, 7) is 1.73. The van der Waals surface area contributed by atoms with Crippen LogP contribution in [0.1, 0.15) is 96.8 Å². The van der Waals surface area contributed by atoms with Crippen LogP contribution in [0.3, 0.4) is 0 Å². The topological polar surface area (TPSA) is 83.8 Å². The number of rotatable bonds is 17. The van der Waals surface area contributed by atoms with Gasteiger partial charge in [0.1, 0.15) is 5.57 Å². The molecule has 0 spiro atoms. The maximum atomic E-state index is 12.1. The Morgan fingerprint density at radius 3 is 2.00 bits per heavy atom. The largest absolute Gasteiger partial charge is 0.507 e. The molecule has 160 valence electrons. The number of aliphatic hydroxyl groups excluding tert-OH is 2. The maximum absolute atomic E-state index is 12.1. The number of allylic oxidation sites excluding steroid dienone is 2. The van der Waals surface area contributed by atoms with Crippen LogP contribution in [0.4, 0.5) is 0 Å². The minimum absolute atomic E-state index is 0.223. The van der Waals surface area contributed by atoms with E-state index in [4.69, 9.17) is 9.84 Å². The van der Waals surface area contributed by atoms with Gasteiger partial charge in [0.15, 0.2) is 17.6 Å². The quantitative estimate of drug-likeness (QED) is 0.151. The van der Waals surface area contributed by atoms with Gasteiger partial charge in [-0.05, 0) is 32.1 Å². The monoisotopic (exact) mass is 394 g/mol. The van der Waals surface area contributed by atoms with Crippen molar-refractivity contribution in [2.45, 2.75) is 103 Å². The van der Waals surface area contributed by atoms with Crippen LogP contribution in [0.5, 0.6) is 0 Å². The van der Waals surface area contributed by atoms with Gasteiger partial charge in [-0.3, -0.25) is 4.79 Å². The average molecular weight is 395 g/mol. The third-order valence-corrected chi connectivity index (χ3v) is 5.12. The number of unbranched alkanes of at least 4 members (excludes halogenated alkanes) is 11. The summed E-state index contributed by atoms with van der Waals surface area (Å²) in [5.74, 6) is -1.65. The Morgan fingerprint density at radius 1 is 0.929 bits per heavy atom. The number of ether oxygens (including phenoxy) is 1. The summed E-state index contributed by atoms with van der Waals surface area (Å²) in [5.41, 5.74) is -0.285. The van der Waals surface area contributed by atoms with Crippen LogP contribution in [-0.4, -0.2) is 34.7 Å². The van der Waals surface area contributed by atoms with E-state index >= 15 is 0 Å². The number of carbonyl (C=O) groups excluding carboxylic acids is 2. The molecule has 0 amide bonds. The Bertz CT molecular complexity index is 521. The first-order valence-corrected chi connectivity index (χ1v) is 11.0. The fourth-order valence-electron chi connectivity index (χ4n) is 3.37. The van der Waals surface area contributed by atoms with E-state index in [-0.39, 0.29) is 12.0 Å². The molecule has 0 aromatic rings. The molecule has 0 saturated heterocycles. The van der Waals surface area contributed by atoms with Gasteiger partial charge in [0, 0.05) is 6.42 Å². The Balaban J connectivity index is 1.98. The average Bonchev–Trinajstić information content (AvgIpc) is 2.98. The molecule has 0 radical (unpaired) electrons. The lowest BCUT2D eigenvalue weighted by Crippen LogP contribution is -2.15. The van der Waals surface area contributed by atoms with E-state index < -0.39 is 30.2 Å². The van der Waals surface area contributed by atoms with E-state index in [1.807, 2.05) is 0 Å². The second-order valence-electron chi connectivity index (χ2n) is 7.59. The molecule has 0 aromatic carbocycles. The van der Waals surface area contributed by atoms with Crippen molar-refractivity contribution in [3.05, 3.63) is 23.5 Å². The first-order chi connectivity index (χ1) is 13.6. The minimum atomic E-state index is -1.08. The molecule has 1 atom stereocenters. The molecule has 5 heteroatoms. The number of cyclic esters (lactones) is 1. The van der Waals surface area contributed by atoms with Gasteiger partial charge in [0.2, 0.25) is 0 Å². The molecule has 0 aromatic heterocycles. The van der Waals surface area contributed by atoms with Gasteiger partial charge >= 0.3 is 5.97 Å². The van der Waals surface area contributed by atoms with Crippen molar-refractivity contribution < 1.29 is 24.5 Å². The van der Waals surface area contributed by atoms with Gasteiger partial charge in [-0.2, -0.15) is 0 Å². The van der Waals surface area contributed by atoms with Crippen molar-refractivity contribution in [3.63, 3.8) is 0 Å². The highest BCUT2D eigenvalue weighted by atomic mass is 16.6. The van der Waals surface area contributed by atoms with Crippen LogP contribution in [-0.2, 0) is 14.3 Å². The maximum Gasteiger partial charge on any atom is 0.346 e. The summed E-state index contributed by atoms with van der Waals surface area (Å²) in [5, 5.41) is 18.7. The van der Waals surface area contributed by atoms with E-state index in [1.165, 1.54) is 51.4 Å². The molecule has 2 N–H and O–H groups in total. The van der Waals surface area contributed by atoms with E-state index in [2.05, 4.69) is 19.1 Å². The zero-order valence-corrected chi connectivity index (χ0v) is 17.5. The van der Waals surface area contributed by atoms with Crippen LogP contribution in [0.25, 0.3) is 0 Å². The number of carbonyl (C=O) groups is 2. The predicted octanol–water partition coefficient (Wildman–Crippen LogP) is 5.32. The zero-order valence-electron chi connectivity index (χ0n) is 17.5. The van der Waals surface area contributed by atoms with E-state index in [0.29, 0.717) is 6.42 Å². The molecule has 0 saturated carbocycles. The smallest absolute Gasteiger partial charge is 0.346 e. The molecule has 0 bridgehead atoms. The summed E-state index contributed by atoms with van der Waals surface area (Å²) < 4.78 is 4.74. The van der Waals surface area contributed by atoms with Crippen LogP contribution >= 0.6 is 0 Å². The second kappa shape index (κ2) is 15.3. The van der Waals surface area contributed by atoms with Crippen molar-refractivity contribution in [3.8, 4) is 0 Å². The highest BCUT2D eigenvalue weighted by molar-refractivity contribution is 6.19. The fraction of sp³-hybridized carbons (Fsp3) is 0.739.